The summed E-state index contributed by atoms with van der Waals surface area (Å²) in [5.41, 5.74) is 4.52. The maximum absolute atomic E-state index is 14.8. The lowest BCUT2D eigenvalue weighted by atomic mass is 9.90. The minimum Gasteiger partial charge on any atom is -0.497 e. The zero-order chi connectivity index (χ0) is 26.4. The Hall–Kier alpha value is -3.34. The minimum atomic E-state index is -0.754. The fourth-order valence-corrected chi connectivity index (χ4v) is 4.99. The van der Waals surface area contributed by atoms with Crippen molar-refractivity contribution in [2.45, 2.75) is 64.9 Å². The number of ether oxygens (including phenoxy) is 2. The Morgan fingerprint density at radius 1 is 1.03 bits per heavy atom. The number of aryl methyl sites for hydroxylation is 1. The van der Waals surface area contributed by atoms with Gasteiger partial charge in [0.15, 0.2) is 0 Å². The molecular formula is C32H37FO4. The zero-order valence-corrected chi connectivity index (χ0v) is 22.0. The highest BCUT2D eigenvalue weighted by atomic mass is 19.1. The lowest BCUT2D eigenvalue weighted by Crippen LogP contribution is -2.09. The number of methoxy groups -OCH3 is 1. The molecule has 4 nitrogen and oxygen atoms in total. The third-order valence-electron chi connectivity index (χ3n) is 7.14. The van der Waals surface area contributed by atoms with E-state index in [4.69, 9.17) is 9.47 Å². The first kappa shape index (κ1) is 26.7. The third kappa shape index (κ3) is 7.34. The SMILES string of the molecule is COc1ccc(F)c(-c2ccc(OCc3cccc(C(CC(=O)O)C4CC4)c3)cc2CCCC(C)C)c1. The van der Waals surface area contributed by atoms with Crippen LogP contribution in [0, 0.1) is 17.7 Å². The summed E-state index contributed by atoms with van der Waals surface area (Å²) in [6.07, 6.45) is 5.29. The molecule has 3 aromatic carbocycles. The highest BCUT2D eigenvalue weighted by Gasteiger charge is 2.33. The van der Waals surface area contributed by atoms with Crippen molar-refractivity contribution in [2.24, 2.45) is 11.8 Å². The van der Waals surface area contributed by atoms with E-state index in [1.807, 2.05) is 36.4 Å². The number of hydrogen-bond acceptors (Lipinski definition) is 3. The summed E-state index contributed by atoms with van der Waals surface area (Å²) in [5.74, 6) is 1.45. The van der Waals surface area contributed by atoms with Crippen molar-refractivity contribution < 1.29 is 23.8 Å². The third-order valence-corrected chi connectivity index (χ3v) is 7.14. The molecule has 0 bridgehead atoms. The van der Waals surface area contributed by atoms with E-state index in [0.29, 0.717) is 29.8 Å². The van der Waals surface area contributed by atoms with E-state index in [1.165, 1.54) is 6.07 Å². The Labute approximate surface area is 219 Å². The van der Waals surface area contributed by atoms with Gasteiger partial charge in [-0.3, -0.25) is 4.79 Å². The zero-order valence-electron chi connectivity index (χ0n) is 22.0. The Balaban J connectivity index is 1.54. The Bertz CT molecular complexity index is 1220. The molecule has 1 atom stereocenters. The number of carboxylic acids is 1. The molecule has 1 unspecified atom stereocenters. The van der Waals surface area contributed by atoms with Crippen molar-refractivity contribution in [3.05, 3.63) is 83.2 Å². The minimum absolute atomic E-state index is 0.0575. The summed E-state index contributed by atoms with van der Waals surface area (Å²) in [6.45, 7) is 4.80. The van der Waals surface area contributed by atoms with Crippen LogP contribution in [0.25, 0.3) is 11.1 Å². The van der Waals surface area contributed by atoms with Crippen LogP contribution in [0.15, 0.2) is 60.7 Å². The van der Waals surface area contributed by atoms with Crippen LogP contribution in [0.3, 0.4) is 0 Å². The first-order chi connectivity index (χ1) is 17.8. The Morgan fingerprint density at radius 3 is 2.51 bits per heavy atom. The first-order valence-corrected chi connectivity index (χ1v) is 13.2. The fraction of sp³-hybridized carbons (Fsp3) is 0.406. The van der Waals surface area contributed by atoms with E-state index in [0.717, 1.165) is 60.1 Å². The summed E-state index contributed by atoms with van der Waals surface area (Å²) >= 11 is 0. The number of halogens is 1. The highest BCUT2D eigenvalue weighted by molar-refractivity contribution is 5.70. The normalized spacial score (nSPS) is 14.0. The molecule has 196 valence electrons. The van der Waals surface area contributed by atoms with E-state index in [9.17, 15) is 14.3 Å². The molecule has 0 saturated heterocycles. The van der Waals surface area contributed by atoms with Crippen LogP contribution in [0.1, 0.15) is 68.6 Å². The molecule has 4 rings (SSSR count). The number of carbonyl (C=O) groups is 1. The van der Waals surface area contributed by atoms with Crippen molar-refractivity contribution in [1.82, 2.24) is 0 Å². The molecule has 0 aliphatic heterocycles. The van der Waals surface area contributed by atoms with Crippen LogP contribution in [0.4, 0.5) is 4.39 Å². The van der Waals surface area contributed by atoms with E-state index < -0.39 is 5.97 Å². The van der Waals surface area contributed by atoms with Gasteiger partial charge in [0.1, 0.15) is 23.9 Å². The van der Waals surface area contributed by atoms with Gasteiger partial charge in [-0.1, -0.05) is 50.6 Å². The van der Waals surface area contributed by atoms with Crippen LogP contribution in [-0.4, -0.2) is 18.2 Å². The van der Waals surface area contributed by atoms with E-state index in [-0.39, 0.29) is 18.2 Å². The van der Waals surface area contributed by atoms with Crippen molar-refractivity contribution in [3.8, 4) is 22.6 Å². The molecule has 0 spiro atoms. The molecule has 0 radical (unpaired) electrons. The number of hydrogen-bond donors (Lipinski definition) is 1. The van der Waals surface area contributed by atoms with Gasteiger partial charge in [-0.15, -0.1) is 0 Å². The summed E-state index contributed by atoms with van der Waals surface area (Å²) < 4.78 is 26.3. The van der Waals surface area contributed by atoms with Crippen molar-refractivity contribution >= 4 is 5.97 Å². The lowest BCUT2D eigenvalue weighted by molar-refractivity contribution is -0.137. The van der Waals surface area contributed by atoms with Crippen LogP contribution >= 0.6 is 0 Å². The molecule has 0 amide bonds. The summed E-state index contributed by atoms with van der Waals surface area (Å²) in [6, 6.07) is 18.8. The first-order valence-electron chi connectivity index (χ1n) is 13.2. The maximum atomic E-state index is 14.8. The van der Waals surface area contributed by atoms with Gasteiger partial charge < -0.3 is 14.6 Å². The van der Waals surface area contributed by atoms with Gasteiger partial charge in [0.05, 0.1) is 13.5 Å². The van der Waals surface area contributed by atoms with Crippen LogP contribution in [-0.2, 0) is 17.8 Å². The van der Waals surface area contributed by atoms with Crippen molar-refractivity contribution in [3.63, 3.8) is 0 Å². The molecule has 1 aliphatic carbocycles. The van der Waals surface area contributed by atoms with E-state index in [1.54, 1.807) is 19.2 Å². The second-order valence-electron chi connectivity index (χ2n) is 10.5. The van der Waals surface area contributed by atoms with Crippen LogP contribution < -0.4 is 9.47 Å². The van der Waals surface area contributed by atoms with Gasteiger partial charge in [-0.25, -0.2) is 4.39 Å². The number of carboxylic acid groups (broad SMARTS) is 1. The van der Waals surface area contributed by atoms with E-state index >= 15 is 0 Å². The van der Waals surface area contributed by atoms with Gasteiger partial charge in [0.25, 0.3) is 0 Å². The highest BCUT2D eigenvalue weighted by Crippen LogP contribution is 2.44. The van der Waals surface area contributed by atoms with Gasteiger partial charge >= 0.3 is 5.97 Å². The summed E-state index contributed by atoms with van der Waals surface area (Å²) in [5, 5.41) is 9.36. The fourth-order valence-electron chi connectivity index (χ4n) is 4.99. The number of aliphatic carboxylic acids is 1. The molecule has 5 heteroatoms. The molecule has 0 heterocycles. The Kier molecular flexibility index (Phi) is 8.86. The average Bonchev–Trinajstić information content (AvgIpc) is 3.72. The number of benzene rings is 3. The molecule has 1 saturated carbocycles. The van der Waals surface area contributed by atoms with Crippen molar-refractivity contribution in [1.29, 1.82) is 0 Å². The second kappa shape index (κ2) is 12.3. The van der Waals surface area contributed by atoms with E-state index in [2.05, 4.69) is 19.9 Å². The van der Waals surface area contributed by atoms with Gasteiger partial charge in [-0.2, -0.15) is 0 Å². The summed E-state index contributed by atoms with van der Waals surface area (Å²) in [7, 11) is 1.58. The standard InChI is InChI=1S/C32H37FO4/c1-21(2)6-4-8-25-17-27(12-14-28(25)30-18-26(36-3)13-15-31(30)33)37-20-22-7-5-9-24(16-22)29(19-32(34)35)23-10-11-23/h5,7,9,12-18,21,23,29H,4,6,8,10-11,19-20H2,1-3H3,(H,34,35). The molecule has 1 aliphatic rings. The topological polar surface area (TPSA) is 55.8 Å². The monoisotopic (exact) mass is 504 g/mol. The molecule has 37 heavy (non-hydrogen) atoms. The second-order valence-corrected chi connectivity index (χ2v) is 10.5. The molecular weight excluding hydrogens is 467 g/mol. The quantitative estimate of drug-likeness (QED) is 0.256. The molecule has 1 fully saturated rings. The van der Waals surface area contributed by atoms with Crippen LogP contribution in [0.5, 0.6) is 11.5 Å². The van der Waals surface area contributed by atoms with Crippen LogP contribution in [0.2, 0.25) is 0 Å². The predicted octanol–water partition coefficient (Wildman–Crippen LogP) is 8.03. The summed E-state index contributed by atoms with van der Waals surface area (Å²) in [4.78, 5) is 11.4. The smallest absolute Gasteiger partial charge is 0.303 e. The average molecular weight is 505 g/mol. The van der Waals surface area contributed by atoms with Gasteiger partial charge in [-0.05, 0) is 96.0 Å². The largest absolute Gasteiger partial charge is 0.497 e. The van der Waals surface area contributed by atoms with Gasteiger partial charge in [0, 0.05) is 5.56 Å². The lowest BCUT2D eigenvalue weighted by Gasteiger charge is -2.17. The molecule has 3 aromatic rings. The Morgan fingerprint density at radius 2 is 1.81 bits per heavy atom. The molecule has 0 aromatic heterocycles. The number of rotatable bonds is 13. The molecule has 1 N–H and O–H groups in total. The predicted molar refractivity (Wildman–Crippen MR) is 145 cm³/mol. The maximum Gasteiger partial charge on any atom is 0.303 e. The van der Waals surface area contributed by atoms with Crippen molar-refractivity contribution in [2.75, 3.05) is 7.11 Å². The van der Waals surface area contributed by atoms with Gasteiger partial charge in [0.2, 0.25) is 0 Å².